The Morgan fingerprint density at radius 1 is 0.963 bits per heavy atom. The molecule has 8 nitrogen and oxygen atoms in total. The van der Waals surface area contributed by atoms with Gasteiger partial charge in [0.15, 0.2) is 0 Å². The van der Waals surface area contributed by atoms with Crippen LogP contribution in [0.2, 0.25) is 0 Å². The lowest BCUT2D eigenvalue weighted by Gasteiger charge is -2.08. The summed E-state index contributed by atoms with van der Waals surface area (Å²) in [6.07, 6.45) is 0. The molecule has 3 rings (SSSR count). The fourth-order valence-electron chi connectivity index (χ4n) is 2.62. The zero-order chi connectivity index (χ0) is 19.6. The Bertz CT molecular complexity index is 990. The van der Waals surface area contributed by atoms with E-state index in [9.17, 15) is 9.59 Å². The van der Waals surface area contributed by atoms with Crippen LogP contribution in [-0.2, 0) is 7.05 Å². The molecule has 0 fully saturated rings. The number of urea groups is 1. The number of aryl methyl sites for hydroxylation is 2. The van der Waals surface area contributed by atoms with Gasteiger partial charge in [-0.15, -0.1) is 0 Å². The second kappa shape index (κ2) is 7.20. The molecule has 0 aliphatic carbocycles. The Kier molecular flexibility index (Phi) is 4.80. The smallest absolute Gasteiger partial charge is 0.323 e. The first-order valence-electron chi connectivity index (χ1n) is 8.22. The van der Waals surface area contributed by atoms with Crippen LogP contribution in [-0.4, -0.2) is 21.7 Å². The molecule has 6 N–H and O–H groups in total. The van der Waals surface area contributed by atoms with Crippen molar-refractivity contribution in [3.8, 4) is 11.3 Å². The highest BCUT2D eigenvalue weighted by Gasteiger charge is 2.19. The Balaban J connectivity index is 1.74. The first kappa shape index (κ1) is 18.0. The summed E-state index contributed by atoms with van der Waals surface area (Å²) < 4.78 is 1.40. The largest absolute Gasteiger partial charge is 0.383 e. The summed E-state index contributed by atoms with van der Waals surface area (Å²) in [5, 5.41) is 9.75. The quantitative estimate of drug-likeness (QED) is 0.567. The van der Waals surface area contributed by atoms with Crippen molar-refractivity contribution in [1.82, 2.24) is 9.78 Å². The van der Waals surface area contributed by atoms with Crippen LogP contribution in [0.5, 0.6) is 0 Å². The minimum absolute atomic E-state index is 0.176. The third-order valence-corrected chi connectivity index (χ3v) is 4.06. The van der Waals surface area contributed by atoms with Crippen molar-refractivity contribution in [3.05, 3.63) is 59.7 Å². The van der Waals surface area contributed by atoms with Crippen LogP contribution in [0.4, 0.5) is 22.0 Å². The maximum absolute atomic E-state index is 12.1. The minimum Gasteiger partial charge on any atom is -0.383 e. The van der Waals surface area contributed by atoms with Gasteiger partial charge >= 0.3 is 6.03 Å². The number of aromatic nitrogens is 2. The van der Waals surface area contributed by atoms with Crippen molar-refractivity contribution in [2.75, 3.05) is 16.4 Å². The molecule has 8 heteroatoms. The minimum atomic E-state index is -0.643. The second-order valence-corrected chi connectivity index (χ2v) is 6.12. The summed E-state index contributed by atoms with van der Waals surface area (Å²) in [7, 11) is 1.64. The van der Waals surface area contributed by atoms with Gasteiger partial charge in [0.1, 0.15) is 17.1 Å². The topological polar surface area (TPSA) is 128 Å². The number of nitrogens with one attached hydrogen (secondary N) is 2. The molecule has 0 atom stereocenters. The molecule has 1 aromatic heterocycles. The molecular weight excluding hydrogens is 344 g/mol. The van der Waals surface area contributed by atoms with Gasteiger partial charge in [-0.1, -0.05) is 29.8 Å². The molecule has 0 saturated heterocycles. The molecule has 0 aliphatic heterocycles. The van der Waals surface area contributed by atoms with Crippen LogP contribution in [0.25, 0.3) is 11.3 Å². The number of nitrogens with two attached hydrogens (primary N) is 2. The van der Waals surface area contributed by atoms with E-state index < -0.39 is 5.91 Å². The second-order valence-electron chi connectivity index (χ2n) is 6.12. The Morgan fingerprint density at radius 2 is 1.48 bits per heavy atom. The van der Waals surface area contributed by atoms with Gasteiger partial charge in [0.25, 0.3) is 5.91 Å². The van der Waals surface area contributed by atoms with Crippen LogP contribution in [0.1, 0.15) is 15.9 Å². The Labute approximate surface area is 156 Å². The van der Waals surface area contributed by atoms with Crippen LogP contribution < -0.4 is 22.1 Å². The molecule has 3 aromatic rings. The monoisotopic (exact) mass is 364 g/mol. The van der Waals surface area contributed by atoms with Crippen LogP contribution in [0, 0.1) is 6.92 Å². The lowest BCUT2D eigenvalue weighted by atomic mass is 10.1. The molecule has 0 spiro atoms. The van der Waals surface area contributed by atoms with E-state index in [4.69, 9.17) is 11.5 Å². The first-order valence-corrected chi connectivity index (χ1v) is 8.22. The van der Waals surface area contributed by atoms with Gasteiger partial charge in [0, 0.05) is 24.0 Å². The molecule has 0 saturated carbocycles. The number of carbonyl (C=O) groups is 2. The third-order valence-electron chi connectivity index (χ3n) is 4.06. The maximum Gasteiger partial charge on any atom is 0.323 e. The van der Waals surface area contributed by atoms with Gasteiger partial charge in [0.2, 0.25) is 0 Å². The van der Waals surface area contributed by atoms with Crippen LogP contribution in [0.3, 0.4) is 0 Å². The summed E-state index contributed by atoms with van der Waals surface area (Å²) in [6, 6.07) is 14.0. The number of primary amides is 1. The van der Waals surface area contributed by atoms with E-state index >= 15 is 0 Å². The summed E-state index contributed by atoms with van der Waals surface area (Å²) in [6.45, 7) is 1.98. The molecule has 0 radical (unpaired) electrons. The fraction of sp³-hybridized carbons (Fsp3) is 0.105. The number of hydrogen-bond donors (Lipinski definition) is 4. The van der Waals surface area contributed by atoms with E-state index in [2.05, 4.69) is 15.7 Å². The molecule has 0 aliphatic rings. The molecule has 3 amide bonds. The molecule has 2 aromatic carbocycles. The lowest BCUT2D eigenvalue weighted by Crippen LogP contribution is -2.19. The van der Waals surface area contributed by atoms with Crippen LogP contribution >= 0.6 is 0 Å². The van der Waals surface area contributed by atoms with Gasteiger partial charge in [-0.25, -0.2) is 4.79 Å². The highest BCUT2D eigenvalue weighted by atomic mass is 16.2. The zero-order valence-corrected chi connectivity index (χ0v) is 15.0. The molecule has 0 bridgehead atoms. The standard InChI is InChI=1S/C19H20N6O2/c1-11-3-7-13(8-4-11)22-19(27)23-14-9-5-12(6-10-14)16-15(18(21)26)17(20)25(2)24-16/h3-10H,20H2,1-2H3,(H2,21,26)(H2,22,23,27). The van der Waals surface area contributed by atoms with Crippen molar-refractivity contribution in [2.24, 2.45) is 12.8 Å². The van der Waals surface area contributed by atoms with Gasteiger partial charge in [-0.3, -0.25) is 9.48 Å². The fourth-order valence-corrected chi connectivity index (χ4v) is 2.62. The van der Waals surface area contributed by atoms with E-state index in [1.807, 2.05) is 31.2 Å². The van der Waals surface area contributed by atoms with E-state index in [1.165, 1.54) is 4.68 Å². The van der Waals surface area contributed by atoms with E-state index in [-0.39, 0.29) is 17.4 Å². The van der Waals surface area contributed by atoms with E-state index in [1.54, 1.807) is 31.3 Å². The third kappa shape index (κ3) is 3.90. The van der Waals surface area contributed by atoms with Crippen molar-refractivity contribution >= 4 is 29.1 Å². The van der Waals surface area contributed by atoms with Gasteiger partial charge < -0.3 is 22.1 Å². The number of anilines is 3. The Morgan fingerprint density at radius 3 is 2.00 bits per heavy atom. The van der Waals surface area contributed by atoms with Crippen molar-refractivity contribution in [2.45, 2.75) is 6.92 Å². The average Bonchev–Trinajstić information content (AvgIpc) is 2.93. The van der Waals surface area contributed by atoms with E-state index in [0.29, 0.717) is 22.6 Å². The normalized spacial score (nSPS) is 10.4. The van der Waals surface area contributed by atoms with Crippen molar-refractivity contribution in [3.63, 3.8) is 0 Å². The maximum atomic E-state index is 12.1. The van der Waals surface area contributed by atoms with Gasteiger partial charge in [-0.05, 0) is 31.2 Å². The number of carbonyl (C=O) groups excluding carboxylic acids is 2. The average molecular weight is 364 g/mol. The highest BCUT2D eigenvalue weighted by molar-refractivity contribution is 6.03. The number of nitrogens with zero attached hydrogens (tertiary/aromatic N) is 2. The molecule has 138 valence electrons. The van der Waals surface area contributed by atoms with Crippen molar-refractivity contribution < 1.29 is 9.59 Å². The van der Waals surface area contributed by atoms with Crippen LogP contribution in [0.15, 0.2) is 48.5 Å². The number of benzene rings is 2. The molecule has 0 unspecified atom stereocenters. The first-order chi connectivity index (χ1) is 12.8. The predicted molar refractivity (Wildman–Crippen MR) is 105 cm³/mol. The highest BCUT2D eigenvalue weighted by Crippen LogP contribution is 2.27. The summed E-state index contributed by atoms with van der Waals surface area (Å²) >= 11 is 0. The SMILES string of the molecule is Cc1ccc(NC(=O)Nc2ccc(-c3nn(C)c(N)c3C(N)=O)cc2)cc1. The van der Waals surface area contributed by atoms with E-state index in [0.717, 1.165) is 5.56 Å². The van der Waals surface area contributed by atoms with Gasteiger partial charge in [0.05, 0.1) is 0 Å². The Hall–Kier alpha value is -3.81. The molecule has 1 heterocycles. The molecule has 27 heavy (non-hydrogen) atoms. The number of amides is 3. The lowest BCUT2D eigenvalue weighted by molar-refractivity contribution is 0.100. The van der Waals surface area contributed by atoms with Crippen molar-refractivity contribution in [1.29, 1.82) is 0 Å². The number of nitrogen functional groups attached to an aromatic ring is 1. The number of rotatable bonds is 4. The van der Waals surface area contributed by atoms with Gasteiger partial charge in [-0.2, -0.15) is 5.10 Å². The summed E-state index contributed by atoms with van der Waals surface area (Å²) in [5.74, 6) is -0.438. The summed E-state index contributed by atoms with van der Waals surface area (Å²) in [4.78, 5) is 23.8. The predicted octanol–water partition coefficient (Wildman–Crippen LogP) is 2.72. The number of hydrogen-bond acceptors (Lipinski definition) is 4. The zero-order valence-electron chi connectivity index (χ0n) is 15.0. The molecular formula is C19H20N6O2. The summed E-state index contributed by atoms with van der Waals surface area (Å²) in [5.41, 5.74) is 14.9.